The summed E-state index contributed by atoms with van der Waals surface area (Å²) in [5, 5.41) is 10.5. The summed E-state index contributed by atoms with van der Waals surface area (Å²) in [5.74, 6) is 0. The van der Waals surface area contributed by atoms with Gasteiger partial charge in [0.1, 0.15) is 0 Å². The van der Waals surface area contributed by atoms with E-state index in [9.17, 15) is 0 Å². The lowest BCUT2D eigenvalue weighted by Crippen LogP contribution is -2.25. The second kappa shape index (κ2) is 6.09. The van der Waals surface area contributed by atoms with Crippen molar-refractivity contribution in [3.05, 3.63) is 47.3 Å². The minimum absolute atomic E-state index is 0.902. The van der Waals surface area contributed by atoms with Crippen LogP contribution in [-0.2, 0) is 13.0 Å². The number of fused-ring (bicyclic) bond motifs is 1. The molecule has 0 spiro atoms. The van der Waals surface area contributed by atoms with Gasteiger partial charge in [-0.25, -0.2) is 0 Å². The van der Waals surface area contributed by atoms with E-state index in [1.165, 1.54) is 36.2 Å². The van der Waals surface area contributed by atoms with Crippen molar-refractivity contribution in [3.8, 4) is 0 Å². The van der Waals surface area contributed by atoms with Crippen LogP contribution in [0.5, 0.6) is 0 Å². The molecule has 0 bridgehead atoms. The molecule has 1 aliphatic heterocycles. The van der Waals surface area contributed by atoms with Crippen LogP contribution in [0.4, 0.5) is 5.69 Å². The highest BCUT2D eigenvalue weighted by molar-refractivity contribution is 5.57. The normalized spacial score (nSPS) is 13.8. The number of H-pyrrole nitrogens is 1. The van der Waals surface area contributed by atoms with E-state index in [1.807, 2.05) is 6.20 Å². The lowest BCUT2D eigenvalue weighted by atomic mass is 10.2. The smallest absolute Gasteiger partial charge is 0.0535 e. The van der Waals surface area contributed by atoms with E-state index in [0.29, 0.717) is 0 Å². The van der Waals surface area contributed by atoms with Gasteiger partial charge in [0.25, 0.3) is 0 Å². The van der Waals surface area contributed by atoms with E-state index in [4.69, 9.17) is 0 Å². The molecule has 0 atom stereocenters. The van der Waals surface area contributed by atoms with Crippen molar-refractivity contribution in [1.82, 2.24) is 15.5 Å². The molecule has 4 heteroatoms. The molecule has 0 unspecified atom stereocenters. The highest BCUT2D eigenvalue weighted by Gasteiger charge is 2.17. The van der Waals surface area contributed by atoms with Gasteiger partial charge in [0, 0.05) is 36.6 Å². The zero-order valence-corrected chi connectivity index (χ0v) is 12.0. The molecule has 2 aromatic rings. The lowest BCUT2D eigenvalue weighted by molar-refractivity contribution is 0.637. The molecular weight excluding hydrogens is 248 g/mol. The maximum atomic E-state index is 4.04. The highest BCUT2D eigenvalue weighted by Crippen LogP contribution is 2.27. The Labute approximate surface area is 120 Å². The Morgan fingerprint density at radius 2 is 2.25 bits per heavy atom. The van der Waals surface area contributed by atoms with Gasteiger partial charge in [-0.15, -0.1) is 0 Å². The Morgan fingerprint density at radius 1 is 1.35 bits per heavy atom. The topological polar surface area (TPSA) is 44.0 Å². The summed E-state index contributed by atoms with van der Waals surface area (Å²) in [6.07, 6.45) is 4.27. The van der Waals surface area contributed by atoms with Gasteiger partial charge < -0.3 is 10.2 Å². The van der Waals surface area contributed by atoms with Gasteiger partial charge in [-0.1, -0.05) is 18.2 Å². The van der Waals surface area contributed by atoms with Crippen LogP contribution in [0, 0.1) is 6.92 Å². The minimum Gasteiger partial charge on any atom is -0.371 e. The number of aromatic amines is 1. The van der Waals surface area contributed by atoms with E-state index in [-0.39, 0.29) is 0 Å². The molecule has 0 amide bonds. The summed E-state index contributed by atoms with van der Waals surface area (Å²) in [4.78, 5) is 2.50. The Hall–Kier alpha value is -1.81. The van der Waals surface area contributed by atoms with Crippen molar-refractivity contribution in [3.63, 3.8) is 0 Å². The molecule has 0 fully saturated rings. The van der Waals surface area contributed by atoms with Crippen molar-refractivity contribution in [2.24, 2.45) is 0 Å². The van der Waals surface area contributed by atoms with Crippen LogP contribution in [0.25, 0.3) is 0 Å². The van der Waals surface area contributed by atoms with Crippen LogP contribution in [0.2, 0.25) is 0 Å². The molecule has 2 N–H and O–H groups in total. The van der Waals surface area contributed by atoms with Gasteiger partial charge in [0.15, 0.2) is 0 Å². The Bertz CT molecular complexity index is 561. The Morgan fingerprint density at radius 3 is 3.10 bits per heavy atom. The fourth-order valence-electron chi connectivity index (χ4n) is 2.81. The second-order valence-electron chi connectivity index (χ2n) is 5.42. The number of hydrogen-bond donors (Lipinski definition) is 2. The maximum absolute atomic E-state index is 4.04. The molecule has 1 aromatic heterocycles. The molecule has 106 valence electrons. The number of nitrogens with one attached hydrogen (secondary N) is 2. The van der Waals surface area contributed by atoms with Gasteiger partial charge in [0.05, 0.1) is 6.20 Å². The fraction of sp³-hybridized carbons (Fsp3) is 0.438. The molecule has 20 heavy (non-hydrogen) atoms. The van der Waals surface area contributed by atoms with Crippen molar-refractivity contribution in [1.29, 1.82) is 0 Å². The number of benzene rings is 1. The van der Waals surface area contributed by atoms with Gasteiger partial charge in [-0.2, -0.15) is 5.10 Å². The maximum Gasteiger partial charge on any atom is 0.0535 e. The predicted molar refractivity (Wildman–Crippen MR) is 82.0 cm³/mol. The molecule has 0 saturated heterocycles. The molecule has 1 aliphatic rings. The first-order valence-corrected chi connectivity index (χ1v) is 7.37. The van der Waals surface area contributed by atoms with Crippen LogP contribution in [0.15, 0.2) is 30.5 Å². The van der Waals surface area contributed by atoms with Crippen molar-refractivity contribution < 1.29 is 0 Å². The molecule has 3 rings (SSSR count). The van der Waals surface area contributed by atoms with Gasteiger partial charge in [-0.05, 0) is 37.9 Å². The summed E-state index contributed by atoms with van der Waals surface area (Å²) in [5.41, 5.74) is 5.34. The lowest BCUT2D eigenvalue weighted by Gasteiger charge is -2.19. The number of para-hydroxylation sites is 1. The van der Waals surface area contributed by atoms with E-state index in [1.54, 1.807) is 0 Å². The first kappa shape index (κ1) is 13.2. The highest BCUT2D eigenvalue weighted by atomic mass is 15.1. The first-order valence-electron chi connectivity index (χ1n) is 7.37. The molecule has 0 saturated carbocycles. The summed E-state index contributed by atoms with van der Waals surface area (Å²) in [6, 6.07) is 8.76. The van der Waals surface area contributed by atoms with Gasteiger partial charge >= 0.3 is 0 Å². The number of nitrogens with zero attached hydrogens (tertiary/aromatic N) is 2. The average molecular weight is 270 g/mol. The standard InChI is InChI=1S/C16H22N4/c1-13-15(12-18-19-13)11-17-8-4-9-20-10-7-14-5-2-3-6-16(14)20/h2-3,5-6,12,17H,4,7-11H2,1H3,(H,18,19). The summed E-state index contributed by atoms with van der Waals surface area (Å²) >= 11 is 0. The minimum atomic E-state index is 0.902. The van der Waals surface area contributed by atoms with Crippen molar-refractivity contribution >= 4 is 5.69 Å². The zero-order chi connectivity index (χ0) is 13.8. The van der Waals surface area contributed by atoms with E-state index in [2.05, 4.69) is 51.6 Å². The van der Waals surface area contributed by atoms with Crippen LogP contribution in [0.3, 0.4) is 0 Å². The number of rotatable bonds is 6. The Kier molecular flexibility index (Phi) is 4.02. The fourth-order valence-corrected chi connectivity index (χ4v) is 2.81. The summed E-state index contributed by atoms with van der Waals surface area (Å²) < 4.78 is 0. The number of anilines is 1. The molecule has 2 heterocycles. The van der Waals surface area contributed by atoms with Crippen LogP contribution in [0.1, 0.15) is 23.2 Å². The number of hydrogen-bond acceptors (Lipinski definition) is 3. The summed E-state index contributed by atoms with van der Waals surface area (Å²) in [7, 11) is 0. The largest absolute Gasteiger partial charge is 0.371 e. The quantitative estimate of drug-likeness (QED) is 0.791. The third kappa shape index (κ3) is 2.85. The van der Waals surface area contributed by atoms with E-state index < -0.39 is 0 Å². The zero-order valence-electron chi connectivity index (χ0n) is 12.0. The molecular formula is C16H22N4. The molecule has 1 aromatic carbocycles. The first-order chi connectivity index (χ1) is 9.84. The molecule has 4 nitrogen and oxygen atoms in total. The molecule has 0 radical (unpaired) electrons. The SMILES string of the molecule is Cc1[nH]ncc1CNCCCN1CCc2ccccc21. The predicted octanol–water partition coefficient (Wildman–Crippen LogP) is 2.26. The van der Waals surface area contributed by atoms with Crippen molar-refractivity contribution in [2.75, 3.05) is 24.5 Å². The third-order valence-corrected chi connectivity index (χ3v) is 4.01. The monoisotopic (exact) mass is 270 g/mol. The molecule has 0 aliphatic carbocycles. The van der Waals surface area contributed by atoms with E-state index >= 15 is 0 Å². The van der Waals surface area contributed by atoms with Gasteiger partial charge in [-0.3, -0.25) is 5.10 Å². The van der Waals surface area contributed by atoms with Gasteiger partial charge in [0.2, 0.25) is 0 Å². The average Bonchev–Trinajstić information content (AvgIpc) is 3.06. The summed E-state index contributed by atoms with van der Waals surface area (Å²) in [6.45, 7) is 6.31. The third-order valence-electron chi connectivity index (χ3n) is 4.01. The number of aryl methyl sites for hydroxylation is 1. The van der Waals surface area contributed by atoms with Crippen LogP contribution >= 0.6 is 0 Å². The van der Waals surface area contributed by atoms with E-state index in [0.717, 1.165) is 25.3 Å². The van der Waals surface area contributed by atoms with Crippen molar-refractivity contribution in [2.45, 2.75) is 26.3 Å². The second-order valence-corrected chi connectivity index (χ2v) is 5.42. The van der Waals surface area contributed by atoms with Crippen LogP contribution in [-0.4, -0.2) is 29.8 Å². The Balaban J connectivity index is 1.40. The number of aromatic nitrogens is 2. The van der Waals surface area contributed by atoms with Crippen LogP contribution < -0.4 is 10.2 Å².